The van der Waals surface area contributed by atoms with Crippen LogP contribution >= 0.6 is 0 Å². The molecule has 184 valence electrons. The molecule has 0 saturated heterocycles. The SMILES string of the molecule is CC1(C)c2cc(C#N)ccc2-c2c1c1c(c3cc(C#N)ccc23)OC(c2ccccc2)(c2ccccc2)C=C1. The van der Waals surface area contributed by atoms with Gasteiger partial charge in [-0.2, -0.15) is 10.5 Å². The van der Waals surface area contributed by atoms with Crippen molar-refractivity contribution in [1.29, 1.82) is 10.5 Å². The molecular weight excluding hydrogens is 476 g/mol. The van der Waals surface area contributed by atoms with Gasteiger partial charge in [0.05, 0.1) is 23.3 Å². The summed E-state index contributed by atoms with van der Waals surface area (Å²) in [6.07, 6.45) is 4.37. The van der Waals surface area contributed by atoms with Crippen LogP contribution in [0.25, 0.3) is 28.0 Å². The zero-order chi connectivity index (χ0) is 26.8. The second-order valence-corrected chi connectivity index (χ2v) is 10.8. The lowest BCUT2D eigenvalue weighted by Gasteiger charge is -2.38. The summed E-state index contributed by atoms with van der Waals surface area (Å²) in [6, 6.07) is 37.0. The van der Waals surface area contributed by atoms with Gasteiger partial charge >= 0.3 is 0 Å². The van der Waals surface area contributed by atoms with Crippen LogP contribution in [-0.4, -0.2) is 0 Å². The maximum Gasteiger partial charge on any atom is 0.178 e. The minimum atomic E-state index is -0.830. The lowest BCUT2D eigenvalue weighted by Crippen LogP contribution is -2.35. The Morgan fingerprint density at radius 1 is 0.692 bits per heavy atom. The highest BCUT2D eigenvalue weighted by molar-refractivity contribution is 6.09. The molecule has 0 saturated carbocycles. The molecular formula is C36H24N2O. The Hall–Kier alpha value is -5.12. The zero-order valence-electron chi connectivity index (χ0n) is 21.7. The van der Waals surface area contributed by atoms with E-state index in [1.807, 2.05) is 66.7 Å². The quantitative estimate of drug-likeness (QED) is 0.245. The van der Waals surface area contributed by atoms with Crippen molar-refractivity contribution in [3.05, 3.63) is 142 Å². The standard InChI is InChI=1S/C36H24N2O/c1-35(2)31-20-24(22-38)14-16-28(31)32-27-15-13-23(21-37)19-30(27)34-29(33(32)35)17-18-36(39-34,25-9-5-3-6-10-25)26-11-7-4-8-12-26/h3-20H,1-2H3. The molecule has 39 heavy (non-hydrogen) atoms. The first-order valence-corrected chi connectivity index (χ1v) is 13.1. The summed E-state index contributed by atoms with van der Waals surface area (Å²) in [5.74, 6) is 0.775. The highest BCUT2D eigenvalue weighted by atomic mass is 16.5. The van der Waals surface area contributed by atoms with Gasteiger partial charge in [0, 0.05) is 27.5 Å². The van der Waals surface area contributed by atoms with Crippen molar-refractivity contribution in [1.82, 2.24) is 0 Å². The number of ether oxygens (including phenoxy) is 1. The van der Waals surface area contributed by atoms with Crippen LogP contribution in [0.2, 0.25) is 0 Å². The van der Waals surface area contributed by atoms with Crippen molar-refractivity contribution in [2.45, 2.75) is 24.9 Å². The largest absolute Gasteiger partial charge is 0.472 e. The van der Waals surface area contributed by atoms with E-state index in [0.717, 1.165) is 49.9 Å². The lowest BCUT2D eigenvalue weighted by atomic mass is 9.76. The van der Waals surface area contributed by atoms with E-state index in [0.29, 0.717) is 11.1 Å². The van der Waals surface area contributed by atoms with Gasteiger partial charge in [0.25, 0.3) is 0 Å². The van der Waals surface area contributed by atoms with Crippen LogP contribution in [0.3, 0.4) is 0 Å². The number of fused-ring (bicyclic) bond motifs is 8. The number of nitriles is 2. The predicted molar refractivity (Wildman–Crippen MR) is 154 cm³/mol. The van der Waals surface area contributed by atoms with Gasteiger partial charge in [-0.25, -0.2) is 0 Å². The molecule has 0 amide bonds. The average molecular weight is 501 g/mol. The molecule has 2 aliphatic rings. The fourth-order valence-corrected chi connectivity index (χ4v) is 6.47. The number of nitrogens with zero attached hydrogens (tertiary/aromatic N) is 2. The van der Waals surface area contributed by atoms with Gasteiger partial charge in [-0.1, -0.05) is 92.7 Å². The maximum absolute atomic E-state index is 9.82. The van der Waals surface area contributed by atoms with Crippen LogP contribution in [0.1, 0.15) is 52.8 Å². The molecule has 5 aromatic carbocycles. The minimum absolute atomic E-state index is 0.350. The summed E-state index contributed by atoms with van der Waals surface area (Å²) >= 11 is 0. The first-order chi connectivity index (χ1) is 19.0. The summed E-state index contributed by atoms with van der Waals surface area (Å²) < 4.78 is 7.22. The molecule has 0 N–H and O–H groups in total. The number of hydrogen-bond acceptors (Lipinski definition) is 3. The molecule has 1 heterocycles. The Bertz CT molecular complexity index is 1880. The van der Waals surface area contributed by atoms with E-state index in [-0.39, 0.29) is 5.41 Å². The molecule has 5 aromatic rings. The number of hydrogen-bond donors (Lipinski definition) is 0. The number of benzene rings is 5. The summed E-state index contributed by atoms with van der Waals surface area (Å²) in [4.78, 5) is 0. The van der Waals surface area contributed by atoms with Crippen LogP contribution in [-0.2, 0) is 11.0 Å². The van der Waals surface area contributed by atoms with Gasteiger partial charge in [-0.15, -0.1) is 0 Å². The zero-order valence-corrected chi connectivity index (χ0v) is 21.7. The summed E-state index contributed by atoms with van der Waals surface area (Å²) in [5.41, 5.74) is 7.74. The van der Waals surface area contributed by atoms with Gasteiger partial charge in [-0.05, 0) is 58.0 Å². The Balaban J connectivity index is 1.59. The average Bonchev–Trinajstić information content (AvgIpc) is 3.23. The van der Waals surface area contributed by atoms with E-state index in [1.165, 1.54) is 5.56 Å². The Morgan fingerprint density at radius 3 is 1.95 bits per heavy atom. The first kappa shape index (κ1) is 23.0. The van der Waals surface area contributed by atoms with Gasteiger partial charge in [0.2, 0.25) is 0 Å². The summed E-state index contributed by atoms with van der Waals surface area (Å²) in [7, 11) is 0. The fourth-order valence-electron chi connectivity index (χ4n) is 6.47. The molecule has 0 spiro atoms. The van der Waals surface area contributed by atoms with Crippen LogP contribution in [0.15, 0.2) is 103 Å². The van der Waals surface area contributed by atoms with Crippen molar-refractivity contribution in [3.63, 3.8) is 0 Å². The Kier molecular flexibility index (Phi) is 4.84. The van der Waals surface area contributed by atoms with E-state index >= 15 is 0 Å². The van der Waals surface area contributed by atoms with Gasteiger partial charge in [-0.3, -0.25) is 0 Å². The van der Waals surface area contributed by atoms with Crippen LogP contribution < -0.4 is 4.74 Å². The molecule has 1 aliphatic carbocycles. The molecule has 3 heteroatoms. The highest BCUT2D eigenvalue weighted by Gasteiger charge is 2.44. The second-order valence-electron chi connectivity index (χ2n) is 10.8. The van der Waals surface area contributed by atoms with Crippen LogP contribution in [0.4, 0.5) is 0 Å². The van der Waals surface area contributed by atoms with E-state index < -0.39 is 5.60 Å². The minimum Gasteiger partial charge on any atom is -0.472 e. The van der Waals surface area contributed by atoms with Crippen LogP contribution in [0, 0.1) is 22.7 Å². The van der Waals surface area contributed by atoms with E-state index in [9.17, 15) is 10.5 Å². The van der Waals surface area contributed by atoms with Gasteiger partial charge in [0.1, 0.15) is 5.75 Å². The molecule has 3 nitrogen and oxygen atoms in total. The monoisotopic (exact) mass is 500 g/mol. The third-order valence-corrected chi connectivity index (χ3v) is 8.30. The van der Waals surface area contributed by atoms with Crippen molar-refractivity contribution < 1.29 is 4.74 Å². The highest BCUT2D eigenvalue weighted by Crippen LogP contribution is 2.58. The second kappa shape index (κ2) is 8.19. The molecule has 0 unspecified atom stereocenters. The molecule has 0 atom stereocenters. The molecule has 1 aliphatic heterocycles. The van der Waals surface area contributed by atoms with Crippen LogP contribution in [0.5, 0.6) is 5.75 Å². The smallest absolute Gasteiger partial charge is 0.178 e. The third-order valence-electron chi connectivity index (χ3n) is 8.30. The van der Waals surface area contributed by atoms with Gasteiger partial charge in [0.15, 0.2) is 5.60 Å². The van der Waals surface area contributed by atoms with Crippen molar-refractivity contribution >= 4 is 16.8 Å². The first-order valence-electron chi connectivity index (χ1n) is 13.1. The molecule has 7 rings (SSSR count). The lowest BCUT2D eigenvalue weighted by molar-refractivity contribution is 0.163. The van der Waals surface area contributed by atoms with Gasteiger partial charge < -0.3 is 4.74 Å². The molecule has 0 aromatic heterocycles. The summed E-state index contributed by atoms with van der Waals surface area (Å²) in [6.45, 7) is 4.44. The van der Waals surface area contributed by atoms with E-state index in [1.54, 1.807) is 0 Å². The maximum atomic E-state index is 9.82. The molecule has 0 radical (unpaired) electrons. The molecule has 0 fully saturated rings. The topological polar surface area (TPSA) is 56.8 Å². The Morgan fingerprint density at radius 2 is 1.31 bits per heavy atom. The fraction of sp³-hybridized carbons (Fsp3) is 0.111. The summed E-state index contributed by atoms with van der Waals surface area (Å²) in [5, 5.41) is 21.4. The predicted octanol–water partition coefficient (Wildman–Crippen LogP) is 8.24. The third kappa shape index (κ3) is 3.14. The van der Waals surface area contributed by atoms with E-state index in [4.69, 9.17) is 4.74 Å². The van der Waals surface area contributed by atoms with Crippen molar-refractivity contribution in [2.24, 2.45) is 0 Å². The normalized spacial score (nSPS) is 15.4. The van der Waals surface area contributed by atoms with Crippen molar-refractivity contribution in [2.75, 3.05) is 0 Å². The number of rotatable bonds is 2. The molecule has 0 bridgehead atoms. The Labute approximate surface area is 227 Å². The van der Waals surface area contributed by atoms with E-state index in [2.05, 4.69) is 68.5 Å². The van der Waals surface area contributed by atoms with Crippen molar-refractivity contribution in [3.8, 4) is 29.0 Å².